The average molecular weight is 358 g/mol. The van der Waals surface area contributed by atoms with Crippen molar-refractivity contribution in [3.8, 4) is 0 Å². The van der Waals surface area contributed by atoms with Crippen molar-refractivity contribution in [2.24, 2.45) is 0 Å². The zero-order valence-corrected chi connectivity index (χ0v) is 16.2. The van der Waals surface area contributed by atoms with Gasteiger partial charge < -0.3 is 4.57 Å². The van der Waals surface area contributed by atoms with Crippen molar-refractivity contribution in [3.05, 3.63) is 23.5 Å². The van der Waals surface area contributed by atoms with Gasteiger partial charge in [-0.15, -0.1) is 17.0 Å². The molecule has 2 heteroatoms. The summed E-state index contributed by atoms with van der Waals surface area (Å²) in [4.78, 5) is 0. The third-order valence-corrected chi connectivity index (χ3v) is 4.48. The molecular weight excluding hydrogens is 322 g/mol. The van der Waals surface area contributed by atoms with E-state index in [1.807, 2.05) is 0 Å². The Hall–Kier alpha value is -0.240. The summed E-state index contributed by atoms with van der Waals surface area (Å²) in [5.41, 5.74) is 2.99. The maximum absolute atomic E-state index is 2.43. The molecule has 0 saturated carbocycles. The molecule has 0 aliphatic heterocycles. The van der Waals surface area contributed by atoms with Crippen LogP contribution in [0, 0.1) is 6.92 Å². The predicted octanol–water partition coefficient (Wildman–Crippen LogP) is 6.86. The molecule has 0 saturated heterocycles. The lowest BCUT2D eigenvalue weighted by atomic mass is 10.1. The molecule has 0 atom stereocenters. The fraction of sp³-hybridized carbons (Fsp3) is 0.789. The average Bonchev–Trinajstić information content (AvgIpc) is 2.81. The molecule has 0 N–H and O–H groups in total. The molecule has 0 fully saturated rings. The van der Waals surface area contributed by atoms with Crippen LogP contribution in [0.4, 0.5) is 0 Å². The fourth-order valence-electron chi connectivity index (χ4n) is 2.98. The molecule has 0 bridgehead atoms. The Morgan fingerprint density at radius 2 is 1.33 bits per heavy atom. The van der Waals surface area contributed by atoms with E-state index in [9.17, 15) is 0 Å². The van der Waals surface area contributed by atoms with Gasteiger partial charge in [-0.1, -0.05) is 71.6 Å². The van der Waals surface area contributed by atoms with Gasteiger partial charge in [0, 0.05) is 18.4 Å². The standard InChI is InChI=1S/C19H35N.BrH/c1-4-6-7-8-9-10-11-12-13-14-16-20-17-15-19(5-2)18(20)3;/h15,17H,4-14,16H2,1-3H3;1H. The predicted molar refractivity (Wildman–Crippen MR) is 101 cm³/mol. The molecule has 1 nitrogen and oxygen atoms in total. The lowest BCUT2D eigenvalue weighted by Gasteiger charge is -2.07. The second kappa shape index (κ2) is 13.4. The van der Waals surface area contributed by atoms with Crippen LogP contribution in [-0.2, 0) is 13.0 Å². The van der Waals surface area contributed by atoms with Crippen LogP contribution in [0.1, 0.15) is 89.3 Å². The normalized spacial score (nSPS) is 10.6. The van der Waals surface area contributed by atoms with Crippen molar-refractivity contribution in [1.82, 2.24) is 4.57 Å². The zero-order valence-electron chi connectivity index (χ0n) is 14.5. The molecule has 1 heterocycles. The summed E-state index contributed by atoms with van der Waals surface area (Å²) < 4.78 is 2.43. The first kappa shape index (κ1) is 20.8. The highest BCUT2D eigenvalue weighted by molar-refractivity contribution is 8.93. The van der Waals surface area contributed by atoms with Crippen LogP contribution in [0.5, 0.6) is 0 Å². The van der Waals surface area contributed by atoms with Crippen molar-refractivity contribution in [2.45, 2.75) is 97.9 Å². The monoisotopic (exact) mass is 357 g/mol. The number of aromatic nitrogens is 1. The van der Waals surface area contributed by atoms with Gasteiger partial charge in [0.1, 0.15) is 0 Å². The van der Waals surface area contributed by atoms with Gasteiger partial charge >= 0.3 is 0 Å². The number of hydrogen-bond acceptors (Lipinski definition) is 0. The Labute approximate surface area is 143 Å². The van der Waals surface area contributed by atoms with Crippen LogP contribution in [0.2, 0.25) is 0 Å². The van der Waals surface area contributed by atoms with Gasteiger partial charge in [0.2, 0.25) is 0 Å². The number of unbranched alkanes of at least 4 members (excludes halogenated alkanes) is 9. The number of nitrogens with zero attached hydrogens (tertiary/aromatic N) is 1. The van der Waals surface area contributed by atoms with Crippen molar-refractivity contribution >= 4 is 17.0 Å². The SMILES string of the molecule is Br.CCCCCCCCCCCCn1ccc(CC)c1C. The minimum absolute atomic E-state index is 0. The minimum atomic E-state index is 0. The van der Waals surface area contributed by atoms with Gasteiger partial charge in [-0.05, 0) is 31.4 Å². The van der Waals surface area contributed by atoms with E-state index in [0.717, 1.165) is 6.42 Å². The van der Waals surface area contributed by atoms with E-state index < -0.39 is 0 Å². The van der Waals surface area contributed by atoms with Gasteiger partial charge in [0.05, 0.1) is 0 Å². The van der Waals surface area contributed by atoms with E-state index in [4.69, 9.17) is 0 Å². The van der Waals surface area contributed by atoms with Crippen molar-refractivity contribution < 1.29 is 0 Å². The Morgan fingerprint density at radius 1 is 0.810 bits per heavy atom. The summed E-state index contributed by atoms with van der Waals surface area (Å²) in [6.07, 6.45) is 17.6. The first-order valence-electron chi connectivity index (χ1n) is 8.94. The molecule has 0 radical (unpaired) electrons. The molecule has 0 aromatic carbocycles. The zero-order chi connectivity index (χ0) is 14.6. The Balaban J connectivity index is 0.00000400. The highest BCUT2D eigenvalue weighted by Gasteiger charge is 2.01. The van der Waals surface area contributed by atoms with E-state index >= 15 is 0 Å². The number of halogens is 1. The number of aryl methyl sites for hydroxylation is 2. The Kier molecular flexibility index (Phi) is 13.3. The van der Waals surface area contributed by atoms with Gasteiger partial charge in [-0.3, -0.25) is 0 Å². The molecule has 0 spiro atoms. The summed E-state index contributed by atoms with van der Waals surface area (Å²) in [5, 5.41) is 0. The lowest BCUT2D eigenvalue weighted by Crippen LogP contribution is -1.99. The van der Waals surface area contributed by atoms with Crippen LogP contribution in [-0.4, -0.2) is 4.57 Å². The summed E-state index contributed by atoms with van der Waals surface area (Å²) in [5.74, 6) is 0. The summed E-state index contributed by atoms with van der Waals surface area (Å²) in [7, 11) is 0. The van der Waals surface area contributed by atoms with Gasteiger partial charge in [-0.2, -0.15) is 0 Å². The topological polar surface area (TPSA) is 4.93 Å². The maximum atomic E-state index is 2.43. The molecule has 1 aromatic heterocycles. The minimum Gasteiger partial charge on any atom is -0.351 e. The molecule has 21 heavy (non-hydrogen) atoms. The van der Waals surface area contributed by atoms with Crippen molar-refractivity contribution in [2.75, 3.05) is 0 Å². The smallest absolute Gasteiger partial charge is 0.0222 e. The molecule has 0 amide bonds. The number of hydrogen-bond donors (Lipinski definition) is 0. The van der Waals surface area contributed by atoms with E-state index in [0.29, 0.717) is 0 Å². The summed E-state index contributed by atoms with van der Waals surface area (Å²) in [6.45, 7) is 8.00. The Bertz CT molecular complexity index is 343. The van der Waals surface area contributed by atoms with Crippen LogP contribution < -0.4 is 0 Å². The molecule has 1 aromatic rings. The van der Waals surface area contributed by atoms with E-state index in [2.05, 4.69) is 37.6 Å². The molecular formula is C19H36BrN. The molecule has 0 aliphatic rings. The van der Waals surface area contributed by atoms with Crippen molar-refractivity contribution in [1.29, 1.82) is 0 Å². The molecule has 124 valence electrons. The summed E-state index contributed by atoms with van der Waals surface area (Å²) >= 11 is 0. The summed E-state index contributed by atoms with van der Waals surface area (Å²) in [6, 6.07) is 2.28. The van der Waals surface area contributed by atoms with Gasteiger partial charge in [-0.25, -0.2) is 0 Å². The van der Waals surface area contributed by atoms with E-state index in [1.165, 1.54) is 82.0 Å². The first-order chi connectivity index (χ1) is 9.79. The maximum Gasteiger partial charge on any atom is 0.0222 e. The van der Waals surface area contributed by atoms with Crippen molar-refractivity contribution in [3.63, 3.8) is 0 Å². The fourth-order valence-corrected chi connectivity index (χ4v) is 2.98. The van der Waals surface area contributed by atoms with Gasteiger partial charge in [0.15, 0.2) is 0 Å². The molecule has 0 aliphatic carbocycles. The molecule has 0 unspecified atom stereocenters. The largest absolute Gasteiger partial charge is 0.351 e. The van der Waals surface area contributed by atoms with Crippen LogP contribution >= 0.6 is 17.0 Å². The highest BCUT2D eigenvalue weighted by Crippen LogP contribution is 2.14. The van der Waals surface area contributed by atoms with E-state index in [-0.39, 0.29) is 17.0 Å². The lowest BCUT2D eigenvalue weighted by molar-refractivity contribution is 0.532. The second-order valence-electron chi connectivity index (χ2n) is 6.16. The second-order valence-corrected chi connectivity index (χ2v) is 6.16. The van der Waals surface area contributed by atoms with Gasteiger partial charge in [0.25, 0.3) is 0 Å². The van der Waals surface area contributed by atoms with E-state index in [1.54, 1.807) is 0 Å². The first-order valence-corrected chi connectivity index (χ1v) is 8.94. The van der Waals surface area contributed by atoms with Crippen LogP contribution in [0.15, 0.2) is 12.3 Å². The molecule has 1 rings (SSSR count). The number of rotatable bonds is 12. The Morgan fingerprint density at radius 3 is 1.81 bits per heavy atom. The van der Waals surface area contributed by atoms with Crippen LogP contribution in [0.3, 0.4) is 0 Å². The quantitative estimate of drug-likeness (QED) is 0.360. The third-order valence-electron chi connectivity index (χ3n) is 4.48. The van der Waals surface area contributed by atoms with Crippen LogP contribution in [0.25, 0.3) is 0 Å². The highest BCUT2D eigenvalue weighted by atomic mass is 79.9. The third kappa shape index (κ3) is 8.70.